The van der Waals surface area contributed by atoms with Crippen molar-refractivity contribution in [1.82, 2.24) is 10.2 Å². The van der Waals surface area contributed by atoms with Gasteiger partial charge in [0.2, 0.25) is 5.91 Å². The highest BCUT2D eigenvalue weighted by atomic mass is 35.5. The number of nitrogens with zero attached hydrogens (tertiary/aromatic N) is 1. The van der Waals surface area contributed by atoms with Crippen LogP contribution in [0.3, 0.4) is 0 Å². The Morgan fingerprint density at radius 2 is 1.94 bits per heavy atom. The normalized spacial score (nSPS) is 24.6. The molecule has 18 heavy (non-hydrogen) atoms. The molecule has 4 heteroatoms. The standard InChI is InChI=1S/C14H28N2O.ClH/c1-11-12(2)16(10-9-15-11)13(17)7-6-8-14(3,4)5;/h11-12,15H,6-10H2,1-5H3;1H. The van der Waals surface area contributed by atoms with Crippen LogP contribution in [0.15, 0.2) is 0 Å². The first-order chi connectivity index (χ1) is 7.81. The fourth-order valence-electron chi connectivity index (χ4n) is 2.32. The molecule has 1 fully saturated rings. The van der Waals surface area contributed by atoms with Crippen LogP contribution < -0.4 is 5.32 Å². The lowest BCUT2D eigenvalue weighted by atomic mass is 9.89. The fraction of sp³-hybridized carbons (Fsp3) is 0.929. The van der Waals surface area contributed by atoms with E-state index >= 15 is 0 Å². The third-order valence-electron chi connectivity index (χ3n) is 3.67. The summed E-state index contributed by atoms with van der Waals surface area (Å²) in [5.74, 6) is 0.329. The van der Waals surface area contributed by atoms with E-state index in [0.717, 1.165) is 25.9 Å². The summed E-state index contributed by atoms with van der Waals surface area (Å²) in [5.41, 5.74) is 0.336. The van der Waals surface area contributed by atoms with Gasteiger partial charge in [0, 0.05) is 31.6 Å². The molecule has 1 saturated heterocycles. The van der Waals surface area contributed by atoms with Crippen molar-refractivity contribution < 1.29 is 4.79 Å². The van der Waals surface area contributed by atoms with Crippen LogP contribution >= 0.6 is 12.4 Å². The van der Waals surface area contributed by atoms with E-state index in [1.165, 1.54) is 0 Å². The monoisotopic (exact) mass is 276 g/mol. The number of piperazine rings is 1. The van der Waals surface area contributed by atoms with Gasteiger partial charge in [-0.05, 0) is 32.1 Å². The average molecular weight is 277 g/mol. The lowest BCUT2D eigenvalue weighted by Crippen LogP contribution is -2.57. The minimum absolute atomic E-state index is 0. The van der Waals surface area contributed by atoms with E-state index in [9.17, 15) is 4.79 Å². The Morgan fingerprint density at radius 1 is 1.33 bits per heavy atom. The molecule has 0 aliphatic carbocycles. The SMILES string of the molecule is CC1NCCN(C(=O)CCCC(C)(C)C)C1C.Cl. The molecule has 1 amide bonds. The highest BCUT2D eigenvalue weighted by molar-refractivity contribution is 5.85. The van der Waals surface area contributed by atoms with Crippen molar-refractivity contribution in [2.24, 2.45) is 5.41 Å². The van der Waals surface area contributed by atoms with Gasteiger partial charge < -0.3 is 10.2 Å². The van der Waals surface area contributed by atoms with Gasteiger partial charge in [-0.2, -0.15) is 0 Å². The zero-order valence-electron chi connectivity index (χ0n) is 12.5. The maximum absolute atomic E-state index is 12.1. The Morgan fingerprint density at radius 3 is 2.50 bits per heavy atom. The first kappa shape index (κ1) is 17.7. The van der Waals surface area contributed by atoms with E-state index in [0.29, 0.717) is 29.8 Å². The molecule has 1 aliphatic heterocycles. The summed E-state index contributed by atoms with van der Waals surface area (Å²) < 4.78 is 0. The topological polar surface area (TPSA) is 32.3 Å². The van der Waals surface area contributed by atoms with E-state index in [1.54, 1.807) is 0 Å². The van der Waals surface area contributed by atoms with Crippen molar-refractivity contribution in [3.63, 3.8) is 0 Å². The summed E-state index contributed by atoms with van der Waals surface area (Å²) in [4.78, 5) is 14.2. The zero-order chi connectivity index (χ0) is 13.1. The number of halogens is 1. The summed E-state index contributed by atoms with van der Waals surface area (Å²) in [7, 11) is 0. The number of carbonyl (C=O) groups is 1. The van der Waals surface area contributed by atoms with E-state index in [4.69, 9.17) is 0 Å². The molecule has 2 atom stereocenters. The minimum Gasteiger partial charge on any atom is -0.337 e. The molecule has 0 aromatic rings. The van der Waals surface area contributed by atoms with Crippen LogP contribution in [-0.2, 0) is 4.79 Å². The van der Waals surface area contributed by atoms with E-state index < -0.39 is 0 Å². The Hall–Kier alpha value is -0.280. The summed E-state index contributed by atoms with van der Waals surface area (Å²) >= 11 is 0. The second-order valence-corrected chi connectivity index (χ2v) is 6.48. The Kier molecular flexibility index (Phi) is 7.23. The smallest absolute Gasteiger partial charge is 0.222 e. The lowest BCUT2D eigenvalue weighted by Gasteiger charge is -2.38. The molecule has 3 nitrogen and oxygen atoms in total. The lowest BCUT2D eigenvalue weighted by molar-refractivity contribution is -0.135. The van der Waals surface area contributed by atoms with Crippen molar-refractivity contribution in [2.75, 3.05) is 13.1 Å². The zero-order valence-corrected chi connectivity index (χ0v) is 13.3. The van der Waals surface area contributed by atoms with Gasteiger partial charge >= 0.3 is 0 Å². The summed E-state index contributed by atoms with van der Waals surface area (Å²) in [6.07, 6.45) is 2.83. The molecule has 1 rings (SSSR count). The molecule has 108 valence electrons. The second kappa shape index (κ2) is 7.34. The number of hydrogen-bond donors (Lipinski definition) is 1. The molecule has 0 bridgehead atoms. The maximum Gasteiger partial charge on any atom is 0.222 e. The van der Waals surface area contributed by atoms with Crippen molar-refractivity contribution >= 4 is 18.3 Å². The number of hydrogen-bond acceptors (Lipinski definition) is 2. The number of amides is 1. The van der Waals surface area contributed by atoms with Gasteiger partial charge in [-0.25, -0.2) is 0 Å². The molecule has 1 heterocycles. The number of rotatable bonds is 3. The molecular formula is C14H29ClN2O. The van der Waals surface area contributed by atoms with Crippen molar-refractivity contribution in [3.05, 3.63) is 0 Å². The molecule has 0 saturated carbocycles. The largest absolute Gasteiger partial charge is 0.337 e. The predicted octanol–water partition coefficient (Wildman–Crippen LogP) is 2.83. The molecule has 0 spiro atoms. The van der Waals surface area contributed by atoms with Crippen LogP contribution in [0.1, 0.15) is 53.9 Å². The second-order valence-electron chi connectivity index (χ2n) is 6.48. The molecule has 2 unspecified atom stereocenters. The van der Waals surface area contributed by atoms with E-state index in [-0.39, 0.29) is 12.4 Å². The van der Waals surface area contributed by atoms with E-state index in [1.807, 2.05) is 4.90 Å². The van der Waals surface area contributed by atoms with Gasteiger partial charge in [0.05, 0.1) is 0 Å². The summed E-state index contributed by atoms with van der Waals surface area (Å²) in [5, 5.41) is 3.40. The van der Waals surface area contributed by atoms with Gasteiger partial charge in [-0.1, -0.05) is 20.8 Å². The molecule has 1 aliphatic rings. The third kappa shape index (κ3) is 5.57. The van der Waals surface area contributed by atoms with Gasteiger partial charge in [0.25, 0.3) is 0 Å². The molecular weight excluding hydrogens is 248 g/mol. The number of nitrogens with one attached hydrogen (secondary N) is 1. The van der Waals surface area contributed by atoms with E-state index in [2.05, 4.69) is 39.9 Å². The first-order valence-electron chi connectivity index (χ1n) is 6.84. The molecule has 0 radical (unpaired) electrons. The summed E-state index contributed by atoms with van der Waals surface area (Å²) in [6.45, 7) is 12.8. The third-order valence-corrected chi connectivity index (χ3v) is 3.67. The predicted molar refractivity (Wildman–Crippen MR) is 79.2 cm³/mol. The van der Waals surface area contributed by atoms with Crippen molar-refractivity contribution in [2.45, 2.75) is 66.0 Å². The van der Waals surface area contributed by atoms with Crippen LogP contribution in [0.25, 0.3) is 0 Å². The first-order valence-corrected chi connectivity index (χ1v) is 6.84. The minimum atomic E-state index is 0. The summed E-state index contributed by atoms with van der Waals surface area (Å²) in [6, 6.07) is 0.737. The van der Waals surface area contributed by atoms with Crippen LogP contribution in [0.4, 0.5) is 0 Å². The Bertz CT molecular complexity index is 263. The van der Waals surface area contributed by atoms with Crippen LogP contribution in [-0.4, -0.2) is 36.0 Å². The van der Waals surface area contributed by atoms with Crippen molar-refractivity contribution in [3.8, 4) is 0 Å². The highest BCUT2D eigenvalue weighted by Gasteiger charge is 2.27. The maximum atomic E-state index is 12.1. The molecule has 0 aromatic carbocycles. The number of carbonyl (C=O) groups excluding carboxylic acids is 1. The molecule has 1 N–H and O–H groups in total. The van der Waals surface area contributed by atoms with Crippen LogP contribution in [0.2, 0.25) is 0 Å². The quantitative estimate of drug-likeness (QED) is 0.860. The Labute approximate surface area is 118 Å². The average Bonchev–Trinajstić information content (AvgIpc) is 2.20. The molecule has 0 aromatic heterocycles. The van der Waals surface area contributed by atoms with Crippen LogP contribution in [0, 0.1) is 5.41 Å². The van der Waals surface area contributed by atoms with Gasteiger partial charge in [0.1, 0.15) is 0 Å². The van der Waals surface area contributed by atoms with Crippen LogP contribution in [0.5, 0.6) is 0 Å². The van der Waals surface area contributed by atoms with Gasteiger partial charge in [-0.15, -0.1) is 12.4 Å². The van der Waals surface area contributed by atoms with Gasteiger partial charge in [-0.3, -0.25) is 4.79 Å². The fourth-order valence-corrected chi connectivity index (χ4v) is 2.32. The highest BCUT2D eigenvalue weighted by Crippen LogP contribution is 2.22. The Balaban J connectivity index is 0.00000289. The van der Waals surface area contributed by atoms with Crippen molar-refractivity contribution in [1.29, 1.82) is 0 Å². The van der Waals surface area contributed by atoms with Gasteiger partial charge in [0.15, 0.2) is 0 Å².